The van der Waals surface area contributed by atoms with Crippen LogP contribution in [0.5, 0.6) is 11.5 Å². The van der Waals surface area contributed by atoms with Gasteiger partial charge in [-0.25, -0.2) is 0 Å². The number of ether oxygens (including phenoxy) is 2. The summed E-state index contributed by atoms with van der Waals surface area (Å²) in [4.78, 5) is 0. The zero-order chi connectivity index (χ0) is 18.1. The third-order valence-electron chi connectivity index (χ3n) is 3.81. The highest BCUT2D eigenvalue weighted by Crippen LogP contribution is 2.23. The topological polar surface area (TPSA) is 111 Å². The maximum absolute atomic E-state index is 9.31. The van der Waals surface area contributed by atoms with Crippen molar-refractivity contribution < 1.29 is 19.7 Å². The van der Waals surface area contributed by atoms with E-state index in [0.29, 0.717) is 47.2 Å². The number of aliphatic hydroxyl groups is 2. The Bertz CT molecular complexity index is 619. The molecule has 0 saturated carbocycles. The van der Waals surface area contributed by atoms with Gasteiger partial charge in [0.1, 0.15) is 11.5 Å². The summed E-state index contributed by atoms with van der Waals surface area (Å²) in [5.41, 5.74) is 14.0. The van der Waals surface area contributed by atoms with E-state index in [2.05, 4.69) is 0 Å². The van der Waals surface area contributed by atoms with Gasteiger partial charge < -0.3 is 31.2 Å². The molecule has 0 fully saturated rings. The van der Waals surface area contributed by atoms with Crippen molar-refractivity contribution in [2.45, 2.75) is 32.5 Å². The maximum atomic E-state index is 9.31. The Morgan fingerprint density at radius 1 is 0.680 bits per heavy atom. The molecule has 0 bridgehead atoms. The first kappa shape index (κ1) is 18.9. The van der Waals surface area contributed by atoms with Gasteiger partial charge in [-0.1, -0.05) is 0 Å². The van der Waals surface area contributed by atoms with Gasteiger partial charge in [0.2, 0.25) is 0 Å². The summed E-state index contributed by atoms with van der Waals surface area (Å²) in [5.74, 6) is 1.34. The van der Waals surface area contributed by atoms with Crippen LogP contribution in [0.2, 0.25) is 0 Å². The van der Waals surface area contributed by atoms with Gasteiger partial charge >= 0.3 is 0 Å². The van der Waals surface area contributed by atoms with Gasteiger partial charge in [-0.15, -0.1) is 0 Å². The molecule has 0 atom stereocenters. The molecule has 6 nitrogen and oxygen atoms in total. The van der Waals surface area contributed by atoms with Crippen LogP contribution in [0.4, 0.5) is 11.4 Å². The van der Waals surface area contributed by atoms with Gasteiger partial charge in [0.25, 0.3) is 0 Å². The molecule has 2 aromatic carbocycles. The molecule has 0 radical (unpaired) electrons. The van der Waals surface area contributed by atoms with Crippen LogP contribution in [0, 0.1) is 0 Å². The number of rotatable bonds is 10. The molecule has 0 aliphatic carbocycles. The van der Waals surface area contributed by atoms with Crippen LogP contribution in [-0.2, 0) is 13.2 Å². The smallest absolute Gasteiger partial charge is 0.124 e. The summed E-state index contributed by atoms with van der Waals surface area (Å²) in [6.07, 6.45) is 2.72. The van der Waals surface area contributed by atoms with Crippen LogP contribution >= 0.6 is 0 Å². The highest BCUT2D eigenvalue weighted by molar-refractivity contribution is 5.48. The van der Waals surface area contributed by atoms with Crippen molar-refractivity contribution in [1.82, 2.24) is 0 Å². The molecular weight excluding hydrogens is 320 g/mol. The van der Waals surface area contributed by atoms with Crippen molar-refractivity contribution in [2.24, 2.45) is 0 Å². The third kappa shape index (κ3) is 5.85. The number of nitrogen functional groups attached to an aromatic ring is 2. The predicted molar refractivity (Wildman–Crippen MR) is 98.4 cm³/mol. The Hall–Kier alpha value is -2.44. The van der Waals surface area contributed by atoms with Gasteiger partial charge in [-0.2, -0.15) is 0 Å². The standard InChI is InChI=1S/C19H26N2O4/c20-16-4-6-18(14(10-16)12-22)24-8-2-1-3-9-25-19-7-5-17(21)11-15(19)13-23/h4-7,10-11,22-23H,1-3,8-9,12-13,20-21H2. The largest absolute Gasteiger partial charge is 0.493 e. The predicted octanol–water partition coefficient (Wildman–Crippen LogP) is 2.46. The number of aliphatic hydroxyl groups excluding tert-OH is 2. The van der Waals surface area contributed by atoms with E-state index in [1.807, 2.05) is 0 Å². The molecule has 0 aliphatic rings. The Balaban J connectivity index is 1.66. The minimum absolute atomic E-state index is 0.0943. The minimum Gasteiger partial charge on any atom is -0.493 e. The Labute approximate surface area is 148 Å². The van der Waals surface area contributed by atoms with Gasteiger partial charge in [0.05, 0.1) is 26.4 Å². The molecule has 0 aromatic heterocycles. The maximum Gasteiger partial charge on any atom is 0.124 e. The Morgan fingerprint density at radius 3 is 1.52 bits per heavy atom. The molecule has 136 valence electrons. The molecular formula is C19H26N2O4. The van der Waals surface area contributed by atoms with Crippen LogP contribution in [0.1, 0.15) is 30.4 Å². The summed E-state index contributed by atoms with van der Waals surface area (Å²) in [5, 5.41) is 18.6. The normalized spacial score (nSPS) is 10.6. The fourth-order valence-electron chi connectivity index (χ4n) is 2.47. The van der Waals surface area contributed by atoms with Crippen molar-refractivity contribution in [1.29, 1.82) is 0 Å². The molecule has 0 aliphatic heterocycles. The van der Waals surface area contributed by atoms with Crippen molar-refractivity contribution in [3.05, 3.63) is 47.5 Å². The fraction of sp³-hybridized carbons (Fsp3) is 0.368. The lowest BCUT2D eigenvalue weighted by Crippen LogP contribution is -2.04. The third-order valence-corrected chi connectivity index (χ3v) is 3.81. The van der Waals surface area contributed by atoms with Gasteiger partial charge in [-0.3, -0.25) is 0 Å². The molecule has 25 heavy (non-hydrogen) atoms. The first-order chi connectivity index (χ1) is 12.1. The van der Waals surface area contributed by atoms with Gasteiger partial charge in [0, 0.05) is 22.5 Å². The monoisotopic (exact) mass is 346 g/mol. The summed E-state index contributed by atoms with van der Waals surface area (Å²) in [6.45, 7) is 0.952. The molecule has 2 aromatic rings. The lowest BCUT2D eigenvalue weighted by Gasteiger charge is -2.12. The SMILES string of the molecule is Nc1ccc(OCCCCCOc2ccc(N)cc2CO)c(CO)c1. The zero-order valence-corrected chi connectivity index (χ0v) is 14.3. The first-order valence-corrected chi connectivity index (χ1v) is 8.38. The van der Waals surface area contributed by atoms with E-state index in [4.69, 9.17) is 20.9 Å². The van der Waals surface area contributed by atoms with Crippen LogP contribution in [0.15, 0.2) is 36.4 Å². The lowest BCUT2D eigenvalue weighted by molar-refractivity contribution is 0.250. The number of benzene rings is 2. The number of hydrogen-bond donors (Lipinski definition) is 4. The molecule has 0 heterocycles. The van der Waals surface area contributed by atoms with Crippen LogP contribution in [0.3, 0.4) is 0 Å². The number of hydrogen-bond acceptors (Lipinski definition) is 6. The van der Waals surface area contributed by atoms with E-state index in [-0.39, 0.29) is 13.2 Å². The molecule has 0 unspecified atom stereocenters. The number of anilines is 2. The van der Waals surface area contributed by atoms with E-state index in [9.17, 15) is 10.2 Å². The summed E-state index contributed by atoms with van der Waals surface area (Å²) >= 11 is 0. The van der Waals surface area contributed by atoms with E-state index in [1.165, 1.54) is 0 Å². The second-order valence-electron chi connectivity index (χ2n) is 5.81. The number of nitrogens with two attached hydrogens (primary N) is 2. The summed E-state index contributed by atoms with van der Waals surface area (Å²) in [7, 11) is 0. The minimum atomic E-state index is -0.0943. The summed E-state index contributed by atoms with van der Waals surface area (Å²) < 4.78 is 11.4. The molecule has 6 N–H and O–H groups in total. The second-order valence-corrected chi connectivity index (χ2v) is 5.81. The van der Waals surface area contributed by atoms with E-state index < -0.39 is 0 Å². The van der Waals surface area contributed by atoms with Crippen molar-refractivity contribution in [3.8, 4) is 11.5 Å². The van der Waals surface area contributed by atoms with Crippen LogP contribution in [-0.4, -0.2) is 23.4 Å². The van der Waals surface area contributed by atoms with Gasteiger partial charge in [0.15, 0.2) is 0 Å². The molecule has 2 rings (SSSR count). The van der Waals surface area contributed by atoms with E-state index in [0.717, 1.165) is 19.3 Å². The van der Waals surface area contributed by atoms with Gasteiger partial charge in [-0.05, 0) is 55.7 Å². The average Bonchev–Trinajstić information content (AvgIpc) is 2.62. The van der Waals surface area contributed by atoms with Crippen molar-refractivity contribution >= 4 is 11.4 Å². The van der Waals surface area contributed by atoms with Crippen LogP contribution < -0.4 is 20.9 Å². The van der Waals surface area contributed by atoms with Crippen molar-refractivity contribution in [2.75, 3.05) is 24.7 Å². The zero-order valence-electron chi connectivity index (χ0n) is 14.3. The number of unbranched alkanes of at least 4 members (excludes halogenated alkanes) is 2. The first-order valence-electron chi connectivity index (χ1n) is 8.38. The second kappa shape index (κ2) is 9.76. The van der Waals surface area contributed by atoms with Crippen LogP contribution in [0.25, 0.3) is 0 Å². The van der Waals surface area contributed by atoms with E-state index >= 15 is 0 Å². The quantitative estimate of drug-likeness (QED) is 0.388. The van der Waals surface area contributed by atoms with E-state index in [1.54, 1.807) is 36.4 Å². The highest BCUT2D eigenvalue weighted by atomic mass is 16.5. The summed E-state index contributed by atoms with van der Waals surface area (Å²) in [6, 6.07) is 10.5. The molecule has 0 saturated heterocycles. The molecule has 0 spiro atoms. The lowest BCUT2D eigenvalue weighted by atomic mass is 10.2. The molecule has 0 amide bonds. The Kier molecular flexibility index (Phi) is 7.37. The van der Waals surface area contributed by atoms with Crippen molar-refractivity contribution in [3.63, 3.8) is 0 Å². The highest BCUT2D eigenvalue weighted by Gasteiger charge is 2.05. The molecule has 6 heteroatoms. The average molecular weight is 346 g/mol. The fourth-order valence-corrected chi connectivity index (χ4v) is 2.47. The Morgan fingerprint density at radius 2 is 1.12 bits per heavy atom.